The van der Waals surface area contributed by atoms with Crippen LogP contribution in [0.2, 0.25) is 0 Å². The van der Waals surface area contributed by atoms with E-state index in [1.54, 1.807) is 4.31 Å². The summed E-state index contributed by atoms with van der Waals surface area (Å²) in [6.45, 7) is 5.18. The fourth-order valence-corrected chi connectivity index (χ4v) is 4.34. The molecule has 0 amide bonds. The minimum Gasteiger partial charge on any atom is -0.379 e. The van der Waals surface area contributed by atoms with Crippen molar-refractivity contribution in [3.63, 3.8) is 0 Å². The maximum absolute atomic E-state index is 12.5. The molecule has 1 aliphatic heterocycles. The summed E-state index contributed by atoms with van der Waals surface area (Å²) in [6, 6.07) is 7.61. The van der Waals surface area contributed by atoms with Crippen LogP contribution in [0.5, 0.6) is 0 Å². The molecule has 0 aliphatic carbocycles. The van der Waals surface area contributed by atoms with Crippen molar-refractivity contribution in [2.45, 2.75) is 26.4 Å². The fourth-order valence-electron chi connectivity index (χ4n) is 2.31. The van der Waals surface area contributed by atoms with Gasteiger partial charge in [-0.3, -0.25) is 0 Å². The maximum Gasteiger partial charge on any atom is 0.217 e. The molecule has 0 aromatic heterocycles. The lowest BCUT2D eigenvalue weighted by Crippen LogP contribution is -2.44. The van der Waals surface area contributed by atoms with Crippen molar-refractivity contribution in [1.82, 2.24) is 4.31 Å². The van der Waals surface area contributed by atoms with Crippen molar-refractivity contribution < 1.29 is 13.2 Å². The molecule has 0 unspecified atom stereocenters. The number of hydrogen-bond donors (Lipinski definition) is 0. The van der Waals surface area contributed by atoms with Gasteiger partial charge in [-0.15, -0.1) is 0 Å². The molecule has 1 aliphatic rings. The number of benzene rings is 1. The molecule has 0 saturated carbocycles. The lowest BCUT2D eigenvalue weighted by molar-refractivity contribution is 0.0901. The SMILES string of the molecule is CC(C)[C@H]1COCCS(=O)(=O)N1Cc1ccccc1Br. The number of sulfonamides is 1. The van der Waals surface area contributed by atoms with E-state index in [1.165, 1.54) is 0 Å². The van der Waals surface area contributed by atoms with E-state index in [9.17, 15) is 8.42 Å². The highest BCUT2D eigenvalue weighted by Crippen LogP contribution is 2.25. The van der Waals surface area contributed by atoms with Crippen molar-refractivity contribution in [2.75, 3.05) is 19.0 Å². The van der Waals surface area contributed by atoms with Crippen LogP contribution in [0.15, 0.2) is 28.7 Å². The van der Waals surface area contributed by atoms with E-state index in [4.69, 9.17) is 4.74 Å². The highest BCUT2D eigenvalue weighted by Gasteiger charge is 2.34. The average molecular weight is 362 g/mol. The minimum atomic E-state index is -3.28. The highest BCUT2D eigenvalue weighted by molar-refractivity contribution is 9.10. The number of nitrogens with zero attached hydrogens (tertiary/aromatic N) is 1. The van der Waals surface area contributed by atoms with Gasteiger partial charge in [0.1, 0.15) is 0 Å². The molecule has 1 fully saturated rings. The Morgan fingerprint density at radius 3 is 2.75 bits per heavy atom. The first kappa shape index (κ1) is 15.9. The first-order valence-electron chi connectivity index (χ1n) is 6.72. The molecule has 2 rings (SSSR count). The molecule has 1 heterocycles. The van der Waals surface area contributed by atoms with Crippen LogP contribution in [0.25, 0.3) is 0 Å². The summed E-state index contributed by atoms with van der Waals surface area (Å²) in [5, 5.41) is 0. The molecule has 1 aromatic rings. The van der Waals surface area contributed by atoms with E-state index >= 15 is 0 Å². The molecule has 0 bridgehead atoms. The summed E-state index contributed by atoms with van der Waals surface area (Å²) in [7, 11) is -3.28. The van der Waals surface area contributed by atoms with Crippen LogP contribution in [0.3, 0.4) is 0 Å². The van der Waals surface area contributed by atoms with E-state index in [0.29, 0.717) is 13.2 Å². The third kappa shape index (κ3) is 3.61. The summed E-state index contributed by atoms with van der Waals surface area (Å²) in [6.07, 6.45) is 0. The van der Waals surface area contributed by atoms with Crippen molar-refractivity contribution in [3.05, 3.63) is 34.3 Å². The van der Waals surface area contributed by atoms with Crippen LogP contribution in [-0.4, -0.2) is 37.7 Å². The molecular weight excluding hydrogens is 342 g/mol. The third-order valence-corrected chi connectivity index (χ3v) is 6.13. The summed E-state index contributed by atoms with van der Waals surface area (Å²) in [5.41, 5.74) is 0.976. The van der Waals surface area contributed by atoms with E-state index in [2.05, 4.69) is 15.9 Å². The first-order valence-corrected chi connectivity index (χ1v) is 9.12. The van der Waals surface area contributed by atoms with Crippen LogP contribution in [0.4, 0.5) is 0 Å². The molecule has 1 atom stereocenters. The summed E-state index contributed by atoms with van der Waals surface area (Å²) >= 11 is 3.48. The van der Waals surface area contributed by atoms with Crippen molar-refractivity contribution in [1.29, 1.82) is 0 Å². The van der Waals surface area contributed by atoms with Gasteiger partial charge in [0, 0.05) is 11.0 Å². The summed E-state index contributed by atoms with van der Waals surface area (Å²) in [5.74, 6) is 0.270. The summed E-state index contributed by atoms with van der Waals surface area (Å²) in [4.78, 5) is 0. The second kappa shape index (κ2) is 6.56. The Labute approximate surface area is 129 Å². The van der Waals surface area contributed by atoms with Gasteiger partial charge in [-0.05, 0) is 17.5 Å². The van der Waals surface area contributed by atoms with Crippen LogP contribution in [-0.2, 0) is 21.3 Å². The molecular formula is C14H20BrNO3S. The van der Waals surface area contributed by atoms with Crippen molar-refractivity contribution in [2.24, 2.45) is 5.92 Å². The van der Waals surface area contributed by atoms with Crippen LogP contribution >= 0.6 is 15.9 Å². The van der Waals surface area contributed by atoms with Crippen LogP contribution in [0.1, 0.15) is 19.4 Å². The Morgan fingerprint density at radius 2 is 2.10 bits per heavy atom. The van der Waals surface area contributed by atoms with E-state index in [0.717, 1.165) is 10.0 Å². The quantitative estimate of drug-likeness (QED) is 0.831. The largest absolute Gasteiger partial charge is 0.379 e. The van der Waals surface area contributed by atoms with Gasteiger partial charge < -0.3 is 4.74 Å². The Hall–Kier alpha value is -0.430. The second-order valence-electron chi connectivity index (χ2n) is 5.34. The predicted molar refractivity (Wildman–Crippen MR) is 82.9 cm³/mol. The lowest BCUT2D eigenvalue weighted by atomic mass is 10.0. The number of ether oxygens (including phenoxy) is 1. The fraction of sp³-hybridized carbons (Fsp3) is 0.571. The van der Waals surface area contributed by atoms with Gasteiger partial charge in [-0.25, -0.2) is 8.42 Å². The molecule has 6 heteroatoms. The van der Waals surface area contributed by atoms with E-state index in [-0.39, 0.29) is 24.3 Å². The topological polar surface area (TPSA) is 46.6 Å². The zero-order valence-electron chi connectivity index (χ0n) is 11.8. The molecule has 0 radical (unpaired) electrons. The Kier molecular flexibility index (Phi) is 5.23. The van der Waals surface area contributed by atoms with Gasteiger partial charge >= 0.3 is 0 Å². The zero-order valence-corrected chi connectivity index (χ0v) is 14.2. The van der Waals surface area contributed by atoms with Crippen molar-refractivity contribution in [3.8, 4) is 0 Å². The lowest BCUT2D eigenvalue weighted by Gasteiger charge is -2.31. The monoisotopic (exact) mass is 361 g/mol. The zero-order chi connectivity index (χ0) is 14.8. The smallest absolute Gasteiger partial charge is 0.217 e. The van der Waals surface area contributed by atoms with Crippen molar-refractivity contribution >= 4 is 26.0 Å². The second-order valence-corrected chi connectivity index (χ2v) is 8.23. The maximum atomic E-state index is 12.5. The molecule has 1 aromatic carbocycles. The van der Waals surface area contributed by atoms with Gasteiger partial charge in [0.2, 0.25) is 10.0 Å². The van der Waals surface area contributed by atoms with Gasteiger partial charge in [0.25, 0.3) is 0 Å². The molecule has 112 valence electrons. The Balaban J connectivity index is 2.34. The Bertz CT molecular complexity index is 559. The molecule has 1 saturated heterocycles. The normalized spacial score (nSPS) is 23.7. The van der Waals surface area contributed by atoms with Gasteiger partial charge in [0.15, 0.2) is 0 Å². The molecule has 20 heavy (non-hydrogen) atoms. The van der Waals surface area contributed by atoms with E-state index in [1.807, 2.05) is 38.1 Å². The highest BCUT2D eigenvalue weighted by atomic mass is 79.9. The predicted octanol–water partition coefficient (Wildman–Crippen LogP) is 2.64. The minimum absolute atomic E-state index is 0.0562. The summed E-state index contributed by atoms with van der Waals surface area (Å²) < 4.78 is 32.9. The first-order chi connectivity index (χ1) is 9.42. The number of rotatable bonds is 3. The average Bonchev–Trinajstić information content (AvgIpc) is 2.52. The van der Waals surface area contributed by atoms with Crippen LogP contribution in [0, 0.1) is 5.92 Å². The van der Waals surface area contributed by atoms with Crippen LogP contribution < -0.4 is 0 Å². The Morgan fingerprint density at radius 1 is 1.40 bits per heavy atom. The van der Waals surface area contributed by atoms with Gasteiger partial charge in [-0.2, -0.15) is 4.31 Å². The number of hydrogen-bond acceptors (Lipinski definition) is 3. The molecule has 0 spiro atoms. The van der Waals surface area contributed by atoms with Gasteiger partial charge in [0.05, 0.1) is 25.0 Å². The third-order valence-electron chi connectivity index (χ3n) is 3.56. The standard InChI is InChI=1S/C14H20BrNO3S/c1-11(2)14-10-19-7-8-20(17,18)16(14)9-12-5-3-4-6-13(12)15/h3-6,11,14H,7-10H2,1-2H3/t14-/m1/s1. The van der Waals surface area contributed by atoms with Gasteiger partial charge in [-0.1, -0.05) is 48.0 Å². The number of halogens is 1. The molecule has 4 nitrogen and oxygen atoms in total. The van der Waals surface area contributed by atoms with E-state index < -0.39 is 10.0 Å². The molecule has 0 N–H and O–H groups in total.